The number of ether oxygens (including phenoxy) is 4. The molecule has 1 amide bonds. The smallest absolute Gasteiger partial charge is 0.328 e. The molecule has 0 spiro atoms. The molecule has 37 heavy (non-hydrogen) atoms. The Morgan fingerprint density at radius 1 is 1.14 bits per heavy atom. The number of nitrogens with zero attached hydrogens (tertiary/aromatic N) is 1. The van der Waals surface area contributed by atoms with Gasteiger partial charge in [0.15, 0.2) is 11.7 Å². The van der Waals surface area contributed by atoms with Crippen LogP contribution in [0.15, 0.2) is 40.2 Å². The molecule has 1 aromatic rings. The van der Waals surface area contributed by atoms with Crippen molar-refractivity contribution in [1.82, 2.24) is 10.0 Å². The van der Waals surface area contributed by atoms with Crippen molar-refractivity contribution in [2.45, 2.75) is 74.3 Å². The summed E-state index contributed by atoms with van der Waals surface area (Å²) in [4.78, 5) is 29.0. The van der Waals surface area contributed by atoms with Gasteiger partial charge in [-0.2, -0.15) is 0 Å². The van der Waals surface area contributed by atoms with Gasteiger partial charge in [0.1, 0.15) is 24.4 Å². The molecule has 1 aromatic carbocycles. The van der Waals surface area contributed by atoms with E-state index in [0.717, 1.165) is 0 Å². The lowest BCUT2D eigenvalue weighted by Crippen LogP contribution is -2.44. The summed E-state index contributed by atoms with van der Waals surface area (Å²) in [6, 6.07) is 7.06. The number of carbonyl (C=O) groups is 2. The van der Waals surface area contributed by atoms with Gasteiger partial charge in [0.25, 0.3) is 0 Å². The zero-order chi connectivity index (χ0) is 27.2. The van der Waals surface area contributed by atoms with Crippen molar-refractivity contribution in [3.63, 3.8) is 0 Å². The van der Waals surface area contributed by atoms with E-state index in [0.29, 0.717) is 13.0 Å². The molecule has 0 radical (unpaired) electrons. The first-order valence-electron chi connectivity index (χ1n) is 11.9. The first kappa shape index (κ1) is 28.8. The van der Waals surface area contributed by atoms with Crippen LogP contribution in [0.5, 0.6) is 0 Å². The predicted octanol–water partition coefficient (Wildman–Crippen LogP) is -0.646. The Bertz CT molecular complexity index is 1080. The van der Waals surface area contributed by atoms with E-state index in [9.17, 15) is 18.0 Å². The highest BCUT2D eigenvalue weighted by Gasteiger charge is 2.55. The molecule has 0 aromatic heterocycles. The summed E-state index contributed by atoms with van der Waals surface area (Å²) in [5, 5.41) is 2.66. The number of rotatable bonds is 12. The molecule has 206 valence electrons. The second-order valence-corrected chi connectivity index (χ2v) is 11.0. The Labute approximate surface area is 216 Å². The van der Waals surface area contributed by atoms with Crippen LogP contribution in [0.1, 0.15) is 33.1 Å². The van der Waals surface area contributed by atoms with Crippen molar-refractivity contribution in [3.8, 4) is 0 Å². The fourth-order valence-electron chi connectivity index (χ4n) is 4.31. The van der Waals surface area contributed by atoms with Gasteiger partial charge in [-0.25, -0.2) is 17.9 Å². The Balaban J connectivity index is 1.63. The van der Waals surface area contributed by atoms with E-state index in [1.165, 1.54) is 19.2 Å². The Morgan fingerprint density at radius 2 is 1.78 bits per heavy atom. The van der Waals surface area contributed by atoms with Crippen molar-refractivity contribution < 1.29 is 37.0 Å². The van der Waals surface area contributed by atoms with E-state index < -0.39 is 58.1 Å². The lowest BCUT2D eigenvalue weighted by molar-refractivity contribution is -0.187. The maximum atomic E-state index is 12.9. The molecule has 0 aliphatic carbocycles. The molecule has 14 heteroatoms. The van der Waals surface area contributed by atoms with Gasteiger partial charge < -0.3 is 35.7 Å². The summed E-state index contributed by atoms with van der Waals surface area (Å²) < 4.78 is 50.6. The lowest BCUT2D eigenvalue weighted by atomic mass is 10.0. The molecule has 0 unspecified atom stereocenters. The summed E-state index contributed by atoms with van der Waals surface area (Å²) in [7, 11) is -2.54. The van der Waals surface area contributed by atoms with Crippen molar-refractivity contribution >= 4 is 27.9 Å². The quantitative estimate of drug-likeness (QED) is 0.114. The summed E-state index contributed by atoms with van der Waals surface area (Å²) in [6.07, 6.45) is -2.05. The molecule has 5 atom stereocenters. The van der Waals surface area contributed by atoms with Gasteiger partial charge in [-0.3, -0.25) is 9.79 Å². The van der Waals surface area contributed by atoms with Gasteiger partial charge in [0, 0.05) is 13.1 Å². The fraction of sp³-hybridized carbons (Fsp3) is 0.609. The number of aliphatic imine (C=N–C) groups is 1. The van der Waals surface area contributed by atoms with Gasteiger partial charge in [0.05, 0.1) is 24.5 Å². The molecule has 6 N–H and O–H groups in total. The molecule has 2 aliphatic heterocycles. The molecular formula is C23H35N5O8S. The van der Waals surface area contributed by atoms with Crippen LogP contribution in [0.3, 0.4) is 0 Å². The van der Waals surface area contributed by atoms with Crippen LogP contribution in [0.2, 0.25) is 0 Å². The van der Waals surface area contributed by atoms with Crippen LogP contribution in [-0.4, -0.2) is 82.7 Å². The number of nitrogens with one attached hydrogen (secondary N) is 2. The Hall–Kier alpha value is -2.78. The van der Waals surface area contributed by atoms with E-state index >= 15 is 0 Å². The van der Waals surface area contributed by atoms with Crippen LogP contribution in [0.4, 0.5) is 0 Å². The Morgan fingerprint density at radius 3 is 2.41 bits per heavy atom. The standard InChI is InChI=1S/C23H35N5O8S/c1-23(2)35-19-16(12-18(29)28-15(21(30)33-3)10-7-11-26-22(24)25)34-17(20(19)36-23)13-27-37(31,32)14-8-5-4-6-9-14/h4-6,8-9,15-17,19-20,27H,7,10-13H2,1-3H3,(H,28,29)(H4,24,25,26)/t15-,16+,17-,19-,20+/m0/s1. The largest absolute Gasteiger partial charge is 0.467 e. The fourth-order valence-corrected chi connectivity index (χ4v) is 5.37. The average Bonchev–Trinajstić information content (AvgIpc) is 3.32. The summed E-state index contributed by atoms with van der Waals surface area (Å²) in [5.74, 6) is -2.06. The van der Waals surface area contributed by atoms with Crippen LogP contribution >= 0.6 is 0 Å². The topological polar surface area (TPSA) is 194 Å². The van der Waals surface area contributed by atoms with E-state index in [1.54, 1.807) is 32.0 Å². The number of amides is 1. The van der Waals surface area contributed by atoms with Crippen LogP contribution < -0.4 is 21.5 Å². The zero-order valence-electron chi connectivity index (χ0n) is 21.1. The maximum absolute atomic E-state index is 12.9. The predicted molar refractivity (Wildman–Crippen MR) is 133 cm³/mol. The van der Waals surface area contributed by atoms with Crippen LogP contribution in [-0.2, 0) is 38.6 Å². The Kier molecular flexibility index (Phi) is 9.47. The first-order chi connectivity index (χ1) is 17.4. The number of sulfonamides is 1. The number of hydrogen-bond donors (Lipinski definition) is 4. The number of carbonyl (C=O) groups excluding carboxylic acids is 2. The molecule has 2 heterocycles. The number of guanidine groups is 1. The van der Waals surface area contributed by atoms with Gasteiger partial charge in [-0.1, -0.05) is 18.2 Å². The molecule has 2 saturated heterocycles. The third-order valence-electron chi connectivity index (χ3n) is 5.93. The molecule has 0 bridgehead atoms. The monoisotopic (exact) mass is 541 g/mol. The highest BCUT2D eigenvalue weighted by Crippen LogP contribution is 2.39. The minimum absolute atomic E-state index is 0.0612. The van der Waals surface area contributed by atoms with Gasteiger partial charge in [0.2, 0.25) is 15.9 Å². The van der Waals surface area contributed by atoms with Crippen LogP contribution in [0.25, 0.3) is 0 Å². The third kappa shape index (κ3) is 7.85. The number of benzene rings is 1. The highest BCUT2D eigenvalue weighted by atomic mass is 32.2. The summed E-state index contributed by atoms with van der Waals surface area (Å²) in [5.41, 5.74) is 10.6. The van der Waals surface area contributed by atoms with E-state index in [4.69, 9.17) is 30.4 Å². The third-order valence-corrected chi connectivity index (χ3v) is 7.37. The van der Waals surface area contributed by atoms with Gasteiger partial charge >= 0.3 is 5.97 Å². The number of esters is 1. The summed E-state index contributed by atoms with van der Waals surface area (Å²) in [6.45, 7) is 3.68. The van der Waals surface area contributed by atoms with E-state index in [2.05, 4.69) is 15.0 Å². The second kappa shape index (κ2) is 12.2. The molecule has 0 saturated carbocycles. The molecule has 3 rings (SSSR count). The minimum Gasteiger partial charge on any atom is -0.467 e. The van der Waals surface area contributed by atoms with Gasteiger partial charge in [-0.15, -0.1) is 0 Å². The molecule has 2 fully saturated rings. The normalized spacial score (nSPS) is 25.2. The van der Waals surface area contributed by atoms with Crippen molar-refractivity contribution in [2.75, 3.05) is 20.2 Å². The maximum Gasteiger partial charge on any atom is 0.328 e. The second-order valence-electron chi connectivity index (χ2n) is 9.24. The van der Waals surface area contributed by atoms with E-state index in [1.807, 2.05) is 0 Å². The van der Waals surface area contributed by atoms with Crippen molar-refractivity contribution in [1.29, 1.82) is 0 Å². The molecule has 2 aliphatic rings. The first-order valence-corrected chi connectivity index (χ1v) is 13.4. The molecular weight excluding hydrogens is 506 g/mol. The SMILES string of the molecule is COC(=O)[C@H](CCCN=C(N)N)NC(=O)C[C@H]1O[C@@H](CNS(=O)(=O)c2ccccc2)[C@H]2OC(C)(C)O[C@H]21. The van der Waals surface area contributed by atoms with Crippen molar-refractivity contribution in [2.24, 2.45) is 16.5 Å². The number of fused-ring (bicyclic) bond motifs is 1. The highest BCUT2D eigenvalue weighted by molar-refractivity contribution is 7.89. The minimum atomic E-state index is -3.77. The lowest BCUT2D eigenvalue weighted by Gasteiger charge is -2.24. The number of methoxy groups -OCH3 is 1. The van der Waals surface area contributed by atoms with Crippen LogP contribution in [0, 0.1) is 0 Å². The van der Waals surface area contributed by atoms with Crippen molar-refractivity contribution in [3.05, 3.63) is 30.3 Å². The van der Waals surface area contributed by atoms with Gasteiger partial charge in [-0.05, 0) is 38.8 Å². The number of nitrogens with two attached hydrogens (primary N) is 2. The average molecular weight is 542 g/mol. The molecule has 13 nitrogen and oxygen atoms in total. The number of hydrogen-bond acceptors (Lipinski definition) is 9. The summed E-state index contributed by atoms with van der Waals surface area (Å²) >= 11 is 0. The zero-order valence-corrected chi connectivity index (χ0v) is 21.9. The van der Waals surface area contributed by atoms with E-state index in [-0.39, 0.29) is 30.2 Å².